The third-order valence-corrected chi connectivity index (χ3v) is 2.53. The maximum atomic E-state index is 13.1. The predicted molar refractivity (Wildman–Crippen MR) is 71.9 cm³/mol. The lowest BCUT2D eigenvalue weighted by atomic mass is 10.0. The molecule has 0 fully saturated rings. The average molecular weight is 252 g/mol. The summed E-state index contributed by atoms with van der Waals surface area (Å²) in [6.45, 7) is 7.74. The van der Waals surface area contributed by atoms with Crippen LogP contribution in [0, 0.1) is 11.7 Å². The first-order valence-electron chi connectivity index (χ1n) is 6.22. The molecule has 0 saturated carbocycles. The van der Waals surface area contributed by atoms with Crippen LogP contribution in [0.25, 0.3) is 0 Å². The maximum Gasteiger partial charge on any atom is 0.242 e. The molecule has 4 heteroatoms. The van der Waals surface area contributed by atoms with Gasteiger partial charge in [-0.1, -0.05) is 19.9 Å². The molecular weight excluding hydrogens is 231 g/mol. The lowest BCUT2D eigenvalue weighted by molar-refractivity contribution is -0.123. The first kappa shape index (κ1) is 14.5. The molecule has 1 atom stereocenters. The first-order chi connectivity index (χ1) is 8.40. The molecule has 3 nitrogen and oxygen atoms in total. The summed E-state index contributed by atoms with van der Waals surface area (Å²) < 4.78 is 13.1. The Balaban J connectivity index is 2.77. The molecule has 0 aromatic heterocycles. The minimum Gasteiger partial charge on any atom is -0.373 e. The van der Waals surface area contributed by atoms with E-state index in [9.17, 15) is 9.18 Å². The summed E-state index contributed by atoms with van der Waals surface area (Å²) in [7, 11) is 0. The number of carbonyl (C=O) groups excluding carboxylic acids is 1. The van der Waals surface area contributed by atoms with E-state index < -0.39 is 0 Å². The van der Waals surface area contributed by atoms with Crippen molar-refractivity contribution in [3.8, 4) is 0 Å². The van der Waals surface area contributed by atoms with Gasteiger partial charge in [-0.15, -0.1) is 0 Å². The van der Waals surface area contributed by atoms with Gasteiger partial charge < -0.3 is 10.6 Å². The van der Waals surface area contributed by atoms with Crippen molar-refractivity contribution in [2.24, 2.45) is 5.92 Å². The largest absolute Gasteiger partial charge is 0.373 e. The van der Waals surface area contributed by atoms with Crippen LogP contribution in [-0.4, -0.2) is 18.0 Å². The van der Waals surface area contributed by atoms with Crippen LogP contribution in [0.4, 0.5) is 10.1 Å². The summed E-state index contributed by atoms with van der Waals surface area (Å²) in [6.07, 6.45) is 0. The Bertz CT molecular complexity index is 405. The number of carbonyl (C=O) groups is 1. The summed E-state index contributed by atoms with van der Waals surface area (Å²) >= 11 is 0. The Hall–Kier alpha value is -1.58. The fraction of sp³-hybridized carbons (Fsp3) is 0.500. The van der Waals surface area contributed by atoms with Gasteiger partial charge >= 0.3 is 0 Å². The fourth-order valence-electron chi connectivity index (χ4n) is 1.67. The summed E-state index contributed by atoms with van der Waals surface area (Å²) in [5, 5.41) is 5.94. The van der Waals surface area contributed by atoms with E-state index in [1.165, 1.54) is 12.1 Å². The molecule has 0 heterocycles. The number of amides is 1. The minimum absolute atomic E-state index is 0.0655. The smallest absolute Gasteiger partial charge is 0.242 e. The molecule has 1 rings (SSSR count). The number of anilines is 1. The van der Waals surface area contributed by atoms with Crippen molar-refractivity contribution in [2.75, 3.05) is 5.32 Å². The summed E-state index contributed by atoms with van der Waals surface area (Å²) in [6, 6.07) is 5.86. The topological polar surface area (TPSA) is 41.1 Å². The van der Waals surface area contributed by atoms with Crippen LogP contribution >= 0.6 is 0 Å². The van der Waals surface area contributed by atoms with E-state index in [0.29, 0.717) is 5.69 Å². The van der Waals surface area contributed by atoms with Gasteiger partial charge in [-0.2, -0.15) is 0 Å². The number of hydrogen-bond donors (Lipinski definition) is 2. The molecular formula is C14H21FN2O. The molecule has 1 aromatic rings. The van der Waals surface area contributed by atoms with E-state index in [0.717, 1.165) is 0 Å². The summed E-state index contributed by atoms with van der Waals surface area (Å²) in [5.74, 6) is -0.261. The number of hydrogen-bond acceptors (Lipinski definition) is 2. The van der Waals surface area contributed by atoms with Gasteiger partial charge in [0.2, 0.25) is 5.91 Å². The first-order valence-corrected chi connectivity index (χ1v) is 6.22. The average Bonchev–Trinajstić information content (AvgIpc) is 2.24. The molecule has 18 heavy (non-hydrogen) atoms. The lowest BCUT2D eigenvalue weighted by Gasteiger charge is -2.24. The van der Waals surface area contributed by atoms with Crippen LogP contribution in [0.1, 0.15) is 27.7 Å². The van der Waals surface area contributed by atoms with Crippen LogP contribution in [0.3, 0.4) is 0 Å². The van der Waals surface area contributed by atoms with Crippen LogP contribution in [0.2, 0.25) is 0 Å². The van der Waals surface area contributed by atoms with Crippen molar-refractivity contribution in [1.29, 1.82) is 0 Å². The van der Waals surface area contributed by atoms with E-state index in [4.69, 9.17) is 0 Å². The number of benzene rings is 1. The normalized spacial score (nSPS) is 12.6. The van der Waals surface area contributed by atoms with E-state index in [1.54, 1.807) is 12.1 Å². The molecule has 0 aliphatic rings. The molecule has 0 bridgehead atoms. The predicted octanol–water partition coefficient (Wildman–Crippen LogP) is 2.79. The van der Waals surface area contributed by atoms with Gasteiger partial charge in [0.15, 0.2) is 0 Å². The minimum atomic E-state index is -0.366. The Morgan fingerprint density at radius 1 is 1.22 bits per heavy atom. The second kappa shape index (κ2) is 6.38. The van der Waals surface area contributed by atoms with E-state index in [1.807, 2.05) is 27.7 Å². The monoisotopic (exact) mass is 252 g/mol. The second-order valence-corrected chi connectivity index (χ2v) is 5.04. The molecule has 100 valence electrons. The highest BCUT2D eigenvalue weighted by atomic mass is 19.1. The molecule has 1 unspecified atom stereocenters. The Kier molecular flexibility index (Phi) is 5.13. The molecule has 1 aromatic carbocycles. The SMILES string of the molecule is CC(C)NC(=O)C(Nc1cccc(F)c1)C(C)C. The quantitative estimate of drug-likeness (QED) is 0.846. The zero-order chi connectivity index (χ0) is 13.7. The molecule has 1 amide bonds. The number of halogens is 1. The Labute approximate surface area is 108 Å². The standard InChI is InChI=1S/C14H21FN2O/c1-9(2)13(14(18)16-10(3)4)17-12-7-5-6-11(15)8-12/h5-10,13,17H,1-4H3,(H,16,18). The van der Waals surface area contributed by atoms with Gasteiger partial charge in [0.1, 0.15) is 11.9 Å². The van der Waals surface area contributed by atoms with Crippen molar-refractivity contribution >= 4 is 11.6 Å². The molecule has 0 saturated heterocycles. The highest BCUT2D eigenvalue weighted by molar-refractivity contribution is 5.85. The zero-order valence-corrected chi connectivity index (χ0v) is 11.3. The van der Waals surface area contributed by atoms with Crippen LogP contribution < -0.4 is 10.6 Å². The van der Waals surface area contributed by atoms with Gasteiger partial charge in [-0.25, -0.2) is 4.39 Å². The molecule has 0 aliphatic carbocycles. The molecule has 0 spiro atoms. The highest BCUT2D eigenvalue weighted by Crippen LogP contribution is 2.14. The molecule has 0 aliphatic heterocycles. The van der Waals surface area contributed by atoms with Gasteiger partial charge in [-0.05, 0) is 38.0 Å². The van der Waals surface area contributed by atoms with Gasteiger partial charge in [-0.3, -0.25) is 4.79 Å². The fourth-order valence-corrected chi connectivity index (χ4v) is 1.67. The van der Waals surface area contributed by atoms with Crippen molar-refractivity contribution in [1.82, 2.24) is 5.32 Å². The van der Waals surface area contributed by atoms with Gasteiger partial charge in [0, 0.05) is 11.7 Å². The van der Waals surface area contributed by atoms with Crippen molar-refractivity contribution in [2.45, 2.75) is 39.8 Å². The van der Waals surface area contributed by atoms with Crippen LogP contribution in [0.15, 0.2) is 24.3 Å². The molecule has 2 N–H and O–H groups in total. The molecule has 0 radical (unpaired) electrons. The van der Waals surface area contributed by atoms with E-state index >= 15 is 0 Å². The van der Waals surface area contributed by atoms with Crippen LogP contribution in [-0.2, 0) is 4.79 Å². The number of nitrogens with one attached hydrogen (secondary N) is 2. The Morgan fingerprint density at radius 2 is 1.89 bits per heavy atom. The van der Waals surface area contributed by atoms with Crippen molar-refractivity contribution in [3.05, 3.63) is 30.1 Å². The Morgan fingerprint density at radius 3 is 2.39 bits per heavy atom. The zero-order valence-electron chi connectivity index (χ0n) is 11.3. The van der Waals surface area contributed by atoms with Crippen molar-refractivity contribution < 1.29 is 9.18 Å². The second-order valence-electron chi connectivity index (χ2n) is 5.04. The van der Waals surface area contributed by atoms with Gasteiger partial charge in [0.05, 0.1) is 0 Å². The lowest BCUT2D eigenvalue weighted by Crippen LogP contribution is -2.45. The third-order valence-electron chi connectivity index (χ3n) is 2.53. The van der Waals surface area contributed by atoms with Crippen molar-refractivity contribution in [3.63, 3.8) is 0 Å². The van der Waals surface area contributed by atoms with Gasteiger partial charge in [0.25, 0.3) is 0 Å². The van der Waals surface area contributed by atoms with E-state index in [-0.39, 0.29) is 29.7 Å². The third kappa shape index (κ3) is 4.35. The van der Waals surface area contributed by atoms with E-state index in [2.05, 4.69) is 10.6 Å². The number of rotatable bonds is 5. The summed E-state index contributed by atoms with van der Waals surface area (Å²) in [4.78, 5) is 12.0. The summed E-state index contributed by atoms with van der Waals surface area (Å²) in [5.41, 5.74) is 0.618. The highest BCUT2D eigenvalue weighted by Gasteiger charge is 2.22. The maximum absolute atomic E-state index is 13.1. The van der Waals surface area contributed by atoms with Crippen LogP contribution in [0.5, 0.6) is 0 Å².